The van der Waals surface area contributed by atoms with E-state index in [1.807, 2.05) is 6.20 Å². The van der Waals surface area contributed by atoms with E-state index >= 15 is 0 Å². The van der Waals surface area contributed by atoms with Gasteiger partial charge in [0.05, 0.1) is 0 Å². The first kappa shape index (κ1) is 9.34. The summed E-state index contributed by atoms with van der Waals surface area (Å²) in [5.41, 5.74) is 2.84. The standard InChI is InChI=1S/C13H18N2/c1-14-12(10-4-5-10)11-7-6-9-3-2-8-15-13(9)11/h2-3,8,10-12,14H,4-7H2,1H3. The van der Waals surface area contributed by atoms with Crippen LogP contribution >= 0.6 is 0 Å². The fraction of sp³-hybridized carbons (Fsp3) is 0.615. The van der Waals surface area contributed by atoms with Crippen molar-refractivity contribution in [3.8, 4) is 0 Å². The highest BCUT2D eigenvalue weighted by Crippen LogP contribution is 2.43. The fourth-order valence-electron chi connectivity index (χ4n) is 3.01. The van der Waals surface area contributed by atoms with E-state index in [0.29, 0.717) is 12.0 Å². The largest absolute Gasteiger partial charge is 0.316 e. The molecule has 0 radical (unpaired) electrons. The van der Waals surface area contributed by atoms with Crippen molar-refractivity contribution < 1.29 is 0 Å². The Morgan fingerprint density at radius 2 is 2.27 bits per heavy atom. The van der Waals surface area contributed by atoms with Gasteiger partial charge in [-0.3, -0.25) is 4.98 Å². The van der Waals surface area contributed by atoms with Crippen LogP contribution in [0.15, 0.2) is 18.3 Å². The molecule has 1 aromatic rings. The molecule has 0 saturated heterocycles. The molecule has 80 valence electrons. The normalized spacial score (nSPS) is 26.3. The van der Waals surface area contributed by atoms with Gasteiger partial charge >= 0.3 is 0 Å². The van der Waals surface area contributed by atoms with Crippen molar-refractivity contribution in [2.24, 2.45) is 5.92 Å². The number of pyridine rings is 1. The summed E-state index contributed by atoms with van der Waals surface area (Å²) in [6.45, 7) is 0. The molecule has 1 saturated carbocycles. The molecule has 2 unspecified atom stereocenters. The average molecular weight is 202 g/mol. The summed E-state index contributed by atoms with van der Waals surface area (Å²) in [6, 6.07) is 4.97. The molecule has 2 atom stereocenters. The van der Waals surface area contributed by atoms with Crippen LogP contribution in [0.1, 0.15) is 36.4 Å². The van der Waals surface area contributed by atoms with Crippen molar-refractivity contribution in [3.05, 3.63) is 29.6 Å². The van der Waals surface area contributed by atoms with Crippen LogP contribution < -0.4 is 5.32 Å². The maximum Gasteiger partial charge on any atom is 0.0482 e. The number of hydrogen-bond donors (Lipinski definition) is 1. The molecule has 0 spiro atoms. The maximum atomic E-state index is 4.58. The molecule has 2 nitrogen and oxygen atoms in total. The number of fused-ring (bicyclic) bond motifs is 1. The topological polar surface area (TPSA) is 24.9 Å². The molecular formula is C13H18N2. The van der Waals surface area contributed by atoms with Gasteiger partial charge in [0.25, 0.3) is 0 Å². The zero-order chi connectivity index (χ0) is 10.3. The summed E-state index contributed by atoms with van der Waals surface area (Å²) < 4.78 is 0. The quantitative estimate of drug-likeness (QED) is 0.812. The zero-order valence-corrected chi connectivity index (χ0v) is 9.24. The summed E-state index contributed by atoms with van der Waals surface area (Å²) >= 11 is 0. The smallest absolute Gasteiger partial charge is 0.0482 e. The van der Waals surface area contributed by atoms with Crippen LogP contribution in [0, 0.1) is 5.92 Å². The van der Waals surface area contributed by atoms with Crippen LogP contribution in [-0.2, 0) is 6.42 Å². The summed E-state index contributed by atoms with van der Waals surface area (Å²) in [4.78, 5) is 4.58. The van der Waals surface area contributed by atoms with Crippen molar-refractivity contribution in [2.75, 3.05) is 7.05 Å². The van der Waals surface area contributed by atoms with Crippen LogP contribution in [0.3, 0.4) is 0 Å². The lowest BCUT2D eigenvalue weighted by Crippen LogP contribution is -2.33. The number of likely N-dealkylation sites (N-methyl/N-ethyl adjacent to an activating group) is 1. The van der Waals surface area contributed by atoms with Crippen LogP contribution in [0.5, 0.6) is 0 Å². The van der Waals surface area contributed by atoms with E-state index in [2.05, 4.69) is 29.5 Å². The first-order chi connectivity index (χ1) is 7.40. The third-order valence-corrected chi connectivity index (χ3v) is 3.90. The number of rotatable bonds is 3. The molecule has 0 aliphatic heterocycles. The Labute approximate surface area is 91.1 Å². The minimum atomic E-state index is 0.665. The van der Waals surface area contributed by atoms with E-state index in [9.17, 15) is 0 Å². The molecule has 2 aliphatic rings. The van der Waals surface area contributed by atoms with E-state index in [-0.39, 0.29) is 0 Å². The molecule has 0 amide bonds. The molecule has 1 aromatic heterocycles. The lowest BCUT2D eigenvalue weighted by molar-refractivity contribution is 0.410. The molecule has 1 fully saturated rings. The molecule has 3 rings (SSSR count). The first-order valence-corrected chi connectivity index (χ1v) is 6.01. The van der Waals surface area contributed by atoms with Gasteiger partial charge in [-0.25, -0.2) is 0 Å². The van der Waals surface area contributed by atoms with Gasteiger partial charge in [0, 0.05) is 23.9 Å². The highest BCUT2D eigenvalue weighted by Gasteiger charge is 2.39. The lowest BCUT2D eigenvalue weighted by atomic mass is 9.93. The van der Waals surface area contributed by atoms with Gasteiger partial charge in [-0.2, -0.15) is 0 Å². The van der Waals surface area contributed by atoms with Gasteiger partial charge in [-0.15, -0.1) is 0 Å². The molecule has 0 bridgehead atoms. The van der Waals surface area contributed by atoms with Crippen molar-refractivity contribution >= 4 is 0 Å². The summed E-state index contributed by atoms with van der Waals surface area (Å²) in [5, 5.41) is 3.51. The Morgan fingerprint density at radius 3 is 3.00 bits per heavy atom. The second-order valence-electron chi connectivity index (χ2n) is 4.84. The summed E-state index contributed by atoms with van der Waals surface area (Å²) in [6.07, 6.45) is 7.26. The summed E-state index contributed by atoms with van der Waals surface area (Å²) in [5.74, 6) is 1.58. The molecule has 15 heavy (non-hydrogen) atoms. The van der Waals surface area contributed by atoms with Crippen LogP contribution in [0.4, 0.5) is 0 Å². The van der Waals surface area contributed by atoms with Crippen LogP contribution in [0.2, 0.25) is 0 Å². The Balaban J connectivity index is 1.88. The predicted octanol–water partition coefficient (Wildman–Crippen LogP) is 2.11. The maximum absolute atomic E-state index is 4.58. The van der Waals surface area contributed by atoms with Gasteiger partial charge in [-0.05, 0) is 50.3 Å². The molecule has 0 aromatic carbocycles. The van der Waals surface area contributed by atoms with E-state index in [1.54, 1.807) is 0 Å². The Hall–Kier alpha value is -0.890. The molecule has 2 aliphatic carbocycles. The SMILES string of the molecule is CNC(C1CC1)C1CCc2cccnc21. The van der Waals surface area contributed by atoms with Crippen molar-refractivity contribution in [2.45, 2.75) is 37.6 Å². The van der Waals surface area contributed by atoms with Crippen LogP contribution in [-0.4, -0.2) is 18.1 Å². The second kappa shape index (κ2) is 3.60. The minimum Gasteiger partial charge on any atom is -0.316 e. The Morgan fingerprint density at radius 1 is 1.40 bits per heavy atom. The minimum absolute atomic E-state index is 0.665. The van der Waals surface area contributed by atoms with Crippen LogP contribution in [0.25, 0.3) is 0 Å². The predicted molar refractivity (Wildman–Crippen MR) is 60.9 cm³/mol. The molecule has 1 heterocycles. The van der Waals surface area contributed by atoms with Gasteiger partial charge in [0.1, 0.15) is 0 Å². The molecular weight excluding hydrogens is 184 g/mol. The third kappa shape index (κ3) is 1.57. The fourth-order valence-corrected chi connectivity index (χ4v) is 3.01. The van der Waals surface area contributed by atoms with E-state index in [1.165, 1.54) is 36.9 Å². The van der Waals surface area contributed by atoms with Gasteiger partial charge in [0.2, 0.25) is 0 Å². The lowest BCUT2D eigenvalue weighted by Gasteiger charge is -2.22. The number of nitrogens with one attached hydrogen (secondary N) is 1. The van der Waals surface area contributed by atoms with E-state index in [0.717, 1.165) is 5.92 Å². The zero-order valence-electron chi connectivity index (χ0n) is 9.24. The Bertz CT molecular complexity index is 357. The van der Waals surface area contributed by atoms with E-state index in [4.69, 9.17) is 0 Å². The van der Waals surface area contributed by atoms with Crippen molar-refractivity contribution in [1.29, 1.82) is 0 Å². The van der Waals surface area contributed by atoms with Gasteiger partial charge in [-0.1, -0.05) is 6.07 Å². The third-order valence-electron chi connectivity index (χ3n) is 3.90. The second-order valence-corrected chi connectivity index (χ2v) is 4.84. The number of hydrogen-bond acceptors (Lipinski definition) is 2. The van der Waals surface area contributed by atoms with Gasteiger partial charge < -0.3 is 5.32 Å². The van der Waals surface area contributed by atoms with E-state index < -0.39 is 0 Å². The number of aromatic nitrogens is 1. The first-order valence-electron chi connectivity index (χ1n) is 6.01. The number of aryl methyl sites for hydroxylation is 1. The highest BCUT2D eigenvalue weighted by atomic mass is 14.9. The van der Waals surface area contributed by atoms with Crippen molar-refractivity contribution in [3.63, 3.8) is 0 Å². The monoisotopic (exact) mass is 202 g/mol. The summed E-state index contributed by atoms with van der Waals surface area (Å²) in [7, 11) is 2.10. The highest BCUT2D eigenvalue weighted by molar-refractivity contribution is 5.30. The van der Waals surface area contributed by atoms with Crippen molar-refractivity contribution in [1.82, 2.24) is 10.3 Å². The molecule has 2 heteroatoms. The number of nitrogens with zero attached hydrogens (tertiary/aromatic N) is 1. The molecule has 1 N–H and O–H groups in total. The Kier molecular flexibility index (Phi) is 2.24. The van der Waals surface area contributed by atoms with Gasteiger partial charge in [0.15, 0.2) is 0 Å². The average Bonchev–Trinajstić information content (AvgIpc) is 3.01.